The van der Waals surface area contributed by atoms with E-state index in [0.29, 0.717) is 14.3 Å². The molecular weight excluding hydrogens is 349 g/mol. The second kappa shape index (κ2) is 9.02. The van der Waals surface area contributed by atoms with Crippen LogP contribution in [0.1, 0.15) is 70.6 Å². The summed E-state index contributed by atoms with van der Waals surface area (Å²) in [5.41, 5.74) is 3.39. The molecule has 0 aliphatic carbocycles. The van der Waals surface area contributed by atoms with Crippen molar-refractivity contribution in [3.63, 3.8) is 0 Å². The first kappa shape index (κ1) is 21.6. The molecule has 0 heterocycles. The minimum Gasteiger partial charge on any atom is -0.508 e. The quantitative estimate of drug-likeness (QED) is 0.440. The summed E-state index contributed by atoms with van der Waals surface area (Å²) in [5.74, 6) is 0.421. The summed E-state index contributed by atoms with van der Waals surface area (Å²) in [6.45, 7) is 12.9. The zero-order chi connectivity index (χ0) is 20.1. The van der Waals surface area contributed by atoms with E-state index in [0.717, 1.165) is 24.8 Å². The molecule has 0 fully saturated rings. The van der Waals surface area contributed by atoms with Gasteiger partial charge in [-0.15, -0.1) is 0 Å². The molecule has 0 spiro atoms. The van der Waals surface area contributed by atoms with Gasteiger partial charge in [0.2, 0.25) is 0 Å². The molecule has 146 valence electrons. The molecule has 2 unspecified atom stereocenters. The SMILES string of the molecule is CCCC(CC)(Pc1ccccc1/C=N/C(C)(C)C)c1cc(C)ccc1O. The number of nitrogens with zero attached hydrogens (tertiary/aromatic N) is 1. The van der Waals surface area contributed by atoms with Crippen LogP contribution >= 0.6 is 8.58 Å². The van der Waals surface area contributed by atoms with Gasteiger partial charge in [0.1, 0.15) is 5.75 Å². The van der Waals surface area contributed by atoms with Gasteiger partial charge in [-0.3, -0.25) is 4.99 Å². The van der Waals surface area contributed by atoms with Crippen LogP contribution in [-0.4, -0.2) is 16.9 Å². The zero-order valence-corrected chi connectivity index (χ0v) is 18.6. The van der Waals surface area contributed by atoms with Gasteiger partial charge in [-0.1, -0.05) is 70.8 Å². The van der Waals surface area contributed by atoms with Crippen LogP contribution in [-0.2, 0) is 5.16 Å². The Morgan fingerprint density at radius 3 is 2.41 bits per heavy atom. The first-order valence-electron chi connectivity index (χ1n) is 9.93. The molecule has 0 aliphatic rings. The van der Waals surface area contributed by atoms with E-state index in [4.69, 9.17) is 4.99 Å². The van der Waals surface area contributed by atoms with Crippen molar-refractivity contribution in [2.75, 3.05) is 0 Å². The lowest BCUT2D eigenvalue weighted by atomic mass is 9.89. The summed E-state index contributed by atoms with van der Waals surface area (Å²) in [4.78, 5) is 4.72. The Labute approximate surface area is 166 Å². The Hall–Kier alpha value is -1.66. The van der Waals surface area contributed by atoms with Crippen LogP contribution in [0.2, 0.25) is 0 Å². The highest BCUT2D eigenvalue weighted by molar-refractivity contribution is 7.48. The zero-order valence-electron chi connectivity index (χ0n) is 17.6. The fourth-order valence-electron chi connectivity index (χ4n) is 3.42. The summed E-state index contributed by atoms with van der Waals surface area (Å²) >= 11 is 0. The van der Waals surface area contributed by atoms with Gasteiger partial charge in [-0.25, -0.2) is 0 Å². The van der Waals surface area contributed by atoms with Crippen molar-refractivity contribution in [2.24, 2.45) is 4.99 Å². The summed E-state index contributed by atoms with van der Waals surface area (Å²) < 4.78 is 0. The van der Waals surface area contributed by atoms with Crippen molar-refractivity contribution < 1.29 is 5.11 Å². The van der Waals surface area contributed by atoms with Gasteiger partial charge in [0.25, 0.3) is 0 Å². The maximum atomic E-state index is 10.7. The Balaban J connectivity index is 2.52. The number of hydrogen-bond acceptors (Lipinski definition) is 2. The third kappa shape index (κ3) is 5.66. The Bertz CT molecular complexity index is 791. The third-order valence-corrected chi connectivity index (χ3v) is 6.95. The molecule has 0 bridgehead atoms. The Kier molecular flexibility index (Phi) is 7.23. The third-order valence-electron chi connectivity index (χ3n) is 4.87. The summed E-state index contributed by atoms with van der Waals surface area (Å²) in [5, 5.41) is 11.9. The van der Waals surface area contributed by atoms with E-state index in [1.54, 1.807) is 0 Å². The highest BCUT2D eigenvalue weighted by atomic mass is 31.1. The predicted octanol–water partition coefficient (Wildman–Crippen LogP) is 6.33. The maximum absolute atomic E-state index is 10.7. The molecule has 2 atom stereocenters. The van der Waals surface area contributed by atoms with Crippen molar-refractivity contribution in [2.45, 2.75) is 71.5 Å². The largest absolute Gasteiger partial charge is 0.508 e. The van der Waals surface area contributed by atoms with Crippen LogP contribution in [0.4, 0.5) is 0 Å². The molecule has 0 saturated carbocycles. The minimum atomic E-state index is -0.0870. The minimum absolute atomic E-state index is 0.0451. The number of benzene rings is 2. The first-order chi connectivity index (χ1) is 12.7. The second-order valence-corrected chi connectivity index (χ2v) is 10.1. The molecule has 0 amide bonds. The molecule has 3 heteroatoms. The number of aryl methyl sites for hydroxylation is 1. The van der Waals surface area contributed by atoms with E-state index in [1.807, 2.05) is 18.3 Å². The molecule has 2 aromatic carbocycles. The van der Waals surface area contributed by atoms with Crippen LogP contribution in [0, 0.1) is 6.92 Å². The molecule has 1 N–H and O–H groups in total. The number of hydrogen-bond donors (Lipinski definition) is 1. The van der Waals surface area contributed by atoms with Gasteiger partial charge >= 0.3 is 0 Å². The van der Waals surface area contributed by atoms with Gasteiger partial charge in [0, 0.05) is 16.9 Å². The van der Waals surface area contributed by atoms with Crippen LogP contribution < -0.4 is 5.30 Å². The van der Waals surface area contributed by atoms with E-state index in [1.165, 1.54) is 16.4 Å². The standard InChI is InChI=1S/C24H34NOP/c1-7-15-24(8-2,20-16-18(3)13-14-21(20)26)27-22-12-10-9-11-19(22)17-25-23(4,5)6/h9-14,16-17,26-27H,7-8,15H2,1-6H3/b25-17+. The Morgan fingerprint density at radius 2 is 1.78 bits per heavy atom. The van der Waals surface area contributed by atoms with E-state index < -0.39 is 0 Å². The lowest BCUT2D eigenvalue weighted by Gasteiger charge is -2.35. The molecular formula is C24H34NOP. The maximum Gasteiger partial charge on any atom is 0.119 e. The molecule has 2 nitrogen and oxygen atoms in total. The highest BCUT2D eigenvalue weighted by Crippen LogP contribution is 2.51. The topological polar surface area (TPSA) is 32.6 Å². The van der Waals surface area contributed by atoms with Gasteiger partial charge < -0.3 is 5.11 Å². The fourth-order valence-corrected chi connectivity index (χ4v) is 5.30. The fraction of sp³-hybridized carbons (Fsp3) is 0.458. The van der Waals surface area contributed by atoms with Gasteiger partial charge in [0.05, 0.1) is 5.54 Å². The normalized spacial score (nSPS) is 14.9. The monoisotopic (exact) mass is 383 g/mol. The van der Waals surface area contributed by atoms with Crippen LogP contribution in [0.5, 0.6) is 5.75 Å². The van der Waals surface area contributed by atoms with Crippen molar-refractivity contribution in [3.8, 4) is 5.75 Å². The molecule has 27 heavy (non-hydrogen) atoms. The van der Waals surface area contributed by atoms with Crippen LogP contribution in [0.25, 0.3) is 0 Å². The number of phenols is 1. The van der Waals surface area contributed by atoms with Crippen molar-refractivity contribution >= 4 is 20.1 Å². The van der Waals surface area contributed by atoms with E-state index >= 15 is 0 Å². The van der Waals surface area contributed by atoms with Crippen LogP contribution in [0.3, 0.4) is 0 Å². The molecule has 0 radical (unpaired) electrons. The first-order valence-corrected chi connectivity index (χ1v) is 10.9. The highest BCUT2D eigenvalue weighted by Gasteiger charge is 2.33. The predicted molar refractivity (Wildman–Crippen MR) is 121 cm³/mol. The lowest BCUT2D eigenvalue weighted by Crippen LogP contribution is -2.24. The smallest absolute Gasteiger partial charge is 0.119 e. The molecule has 2 rings (SSSR count). The number of aromatic hydroxyl groups is 1. The molecule has 0 aliphatic heterocycles. The van der Waals surface area contributed by atoms with Crippen molar-refractivity contribution in [3.05, 3.63) is 59.2 Å². The molecule has 0 aromatic heterocycles. The average Bonchev–Trinajstić information content (AvgIpc) is 2.62. The van der Waals surface area contributed by atoms with E-state index in [9.17, 15) is 5.11 Å². The van der Waals surface area contributed by atoms with Gasteiger partial charge in [-0.2, -0.15) is 0 Å². The Morgan fingerprint density at radius 1 is 1.07 bits per heavy atom. The number of rotatable bonds is 7. The van der Waals surface area contributed by atoms with Gasteiger partial charge in [0.15, 0.2) is 0 Å². The second-order valence-electron chi connectivity index (χ2n) is 8.35. The lowest BCUT2D eigenvalue weighted by molar-refractivity contribution is 0.442. The summed E-state index contributed by atoms with van der Waals surface area (Å²) in [7, 11) is 0.584. The van der Waals surface area contributed by atoms with Crippen molar-refractivity contribution in [1.29, 1.82) is 0 Å². The van der Waals surface area contributed by atoms with E-state index in [2.05, 4.69) is 71.9 Å². The van der Waals surface area contributed by atoms with Crippen LogP contribution in [0.15, 0.2) is 47.5 Å². The van der Waals surface area contributed by atoms with E-state index in [-0.39, 0.29) is 10.7 Å². The molecule has 0 saturated heterocycles. The van der Waals surface area contributed by atoms with Crippen molar-refractivity contribution in [1.82, 2.24) is 0 Å². The number of phenolic OH excluding ortho intramolecular Hbond substituents is 1. The summed E-state index contributed by atoms with van der Waals surface area (Å²) in [6, 6.07) is 14.6. The summed E-state index contributed by atoms with van der Waals surface area (Å²) in [6.07, 6.45) is 5.17. The molecule has 2 aromatic rings. The number of aliphatic imine (C=N–C) groups is 1. The van der Waals surface area contributed by atoms with Gasteiger partial charge in [-0.05, 0) is 57.5 Å². The average molecular weight is 384 g/mol.